The van der Waals surface area contributed by atoms with E-state index >= 15 is 0 Å². The molecule has 240 valence electrons. The summed E-state index contributed by atoms with van der Waals surface area (Å²) in [4.78, 5) is 9.93. The molecule has 0 aliphatic heterocycles. The van der Waals surface area contributed by atoms with Crippen LogP contribution in [0.4, 0.5) is 0 Å². The zero-order chi connectivity index (χ0) is 32.6. The molecule has 0 unspecified atom stereocenters. The van der Waals surface area contributed by atoms with E-state index in [1.807, 2.05) is 24.4 Å². The van der Waals surface area contributed by atoms with Crippen molar-refractivity contribution in [2.45, 2.75) is 33.1 Å². The summed E-state index contributed by atoms with van der Waals surface area (Å²) in [5.74, 6) is 1.23. The zero-order valence-corrected chi connectivity index (χ0v) is 29.8. The summed E-state index contributed by atoms with van der Waals surface area (Å²) < 4.78 is 11.1. The van der Waals surface area contributed by atoms with E-state index in [9.17, 15) is 0 Å². The van der Waals surface area contributed by atoms with Gasteiger partial charge < -0.3 is 13.7 Å². The molecule has 0 atom stereocenters. The van der Waals surface area contributed by atoms with Crippen molar-refractivity contribution in [3.63, 3.8) is 0 Å². The van der Waals surface area contributed by atoms with Crippen molar-refractivity contribution in [1.82, 2.24) is 18.9 Å². The van der Waals surface area contributed by atoms with E-state index in [0.29, 0.717) is 11.5 Å². The Hall–Kier alpha value is -5.25. The molecule has 0 saturated heterocycles. The maximum Gasteiger partial charge on any atom is 2.00 e. The fourth-order valence-corrected chi connectivity index (χ4v) is 6.99. The first-order chi connectivity index (χ1) is 23.3. The number of aromatic nitrogens is 4. The van der Waals surface area contributed by atoms with Gasteiger partial charge in [-0.05, 0) is 47.6 Å². The standard InChI is InChI=1S/C43H32N4O.Pt/c1-27-40(28-13-6-5-7-14-28)47-39-19-11-8-15-34(39)33-21-20-31(26-37(33)42(47)45-27)48-32-24-29(43(2,3)4)23-30(25-32)46-38-18-10-9-16-35(38)36-17-12-22-44-41(36)46;/h5-24H,1-4H3;/q-2;+2. The summed E-state index contributed by atoms with van der Waals surface area (Å²) in [6, 6.07) is 47.2. The SMILES string of the molecule is Cc1nc2c3[c-]c(Oc4[c-]c(-n5c6ccccc6c6cccnc65)cc(C(C)(C)C)c4)ccc3c3ccccc3n2c1-c1ccccc1.[Pt+2]. The maximum atomic E-state index is 6.69. The number of nitrogens with zero attached hydrogens (tertiary/aromatic N) is 4. The van der Waals surface area contributed by atoms with Crippen LogP contribution in [0.15, 0.2) is 121 Å². The van der Waals surface area contributed by atoms with E-state index in [-0.39, 0.29) is 26.5 Å². The van der Waals surface area contributed by atoms with E-state index < -0.39 is 0 Å². The first kappa shape index (κ1) is 31.0. The number of para-hydroxylation sites is 2. The monoisotopic (exact) mass is 815 g/mol. The van der Waals surface area contributed by atoms with E-state index in [0.717, 1.165) is 77.5 Å². The summed E-state index contributed by atoms with van der Waals surface area (Å²) in [6.07, 6.45) is 1.85. The van der Waals surface area contributed by atoms with Crippen LogP contribution in [0.25, 0.3) is 66.2 Å². The van der Waals surface area contributed by atoms with Crippen LogP contribution in [0.5, 0.6) is 11.5 Å². The van der Waals surface area contributed by atoms with Crippen molar-refractivity contribution in [3.05, 3.63) is 145 Å². The van der Waals surface area contributed by atoms with Crippen molar-refractivity contribution < 1.29 is 25.8 Å². The summed E-state index contributed by atoms with van der Waals surface area (Å²) >= 11 is 0. The van der Waals surface area contributed by atoms with Crippen LogP contribution in [0, 0.1) is 19.1 Å². The molecule has 0 N–H and O–H groups in total. The van der Waals surface area contributed by atoms with Gasteiger partial charge in [0.15, 0.2) is 0 Å². The molecule has 9 rings (SSSR count). The van der Waals surface area contributed by atoms with Gasteiger partial charge >= 0.3 is 21.1 Å². The third-order valence-electron chi connectivity index (χ3n) is 9.27. The van der Waals surface area contributed by atoms with Crippen LogP contribution in [-0.2, 0) is 26.5 Å². The molecule has 5 nitrogen and oxygen atoms in total. The van der Waals surface area contributed by atoms with Gasteiger partial charge in [-0.1, -0.05) is 110 Å². The largest absolute Gasteiger partial charge is 2.00 e. The van der Waals surface area contributed by atoms with Gasteiger partial charge in [-0.2, -0.15) is 0 Å². The minimum Gasteiger partial charge on any atom is -0.503 e. The molecule has 9 aromatic rings. The van der Waals surface area contributed by atoms with Gasteiger partial charge in [0.05, 0.1) is 22.6 Å². The smallest absolute Gasteiger partial charge is 0.503 e. The van der Waals surface area contributed by atoms with Crippen molar-refractivity contribution in [3.8, 4) is 28.4 Å². The van der Waals surface area contributed by atoms with E-state index in [4.69, 9.17) is 14.7 Å². The number of hydrogen-bond donors (Lipinski definition) is 0. The number of fused-ring (bicyclic) bond motifs is 9. The molecule has 49 heavy (non-hydrogen) atoms. The first-order valence-corrected chi connectivity index (χ1v) is 16.3. The molecule has 5 aromatic carbocycles. The summed E-state index contributed by atoms with van der Waals surface area (Å²) in [7, 11) is 0. The van der Waals surface area contributed by atoms with Crippen LogP contribution in [0.1, 0.15) is 32.0 Å². The summed E-state index contributed by atoms with van der Waals surface area (Å²) in [5.41, 5.74) is 9.00. The second kappa shape index (κ2) is 11.7. The number of rotatable bonds is 4. The molecule has 0 fully saturated rings. The fraction of sp³-hybridized carbons (Fsp3) is 0.116. The normalized spacial score (nSPS) is 11.9. The van der Waals surface area contributed by atoms with Crippen molar-refractivity contribution in [2.24, 2.45) is 0 Å². The van der Waals surface area contributed by atoms with E-state index in [1.165, 1.54) is 0 Å². The molecule has 4 heterocycles. The minimum absolute atomic E-state index is 0. The first-order valence-electron chi connectivity index (χ1n) is 16.3. The maximum absolute atomic E-state index is 6.69. The Labute approximate surface area is 299 Å². The third-order valence-corrected chi connectivity index (χ3v) is 9.27. The van der Waals surface area contributed by atoms with Gasteiger partial charge in [-0.15, -0.1) is 35.9 Å². The molecule has 0 saturated carbocycles. The van der Waals surface area contributed by atoms with Gasteiger partial charge in [0.1, 0.15) is 5.65 Å². The van der Waals surface area contributed by atoms with Crippen LogP contribution in [0.2, 0.25) is 0 Å². The number of benzene rings is 5. The molecule has 0 bridgehead atoms. The average Bonchev–Trinajstić information content (AvgIpc) is 3.63. The molecule has 0 aliphatic rings. The van der Waals surface area contributed by atoms with Gasteiger partial charge in [-0.3, -0.25) is 4.98 Å². The zero-order valence-electron chi connectivity index (χ0n) is 27.6. The Kier molecular flexibility index (Phi) is 7.42. The number of pyridine rings is 2. The number of hydrogen-bond acceptors (Lipinski definition) is 3. The van der Waals surface area contributed by atoms with Crippen LogP contribution in [0.3, 0.4) is 0 Å². The molecule has 4 aromatic heterocycles. The Bertz CT molecular complexity index is 2650. The second-order valence-electron chi connectivity index (χ2n) is 13.4. The van der Waals surface area contributed by atoms with Crippen molar-refractivity contribution >= 4 is 49.3 Å². The van der Waals surface area contributed by atoms with Crippen LogP contribution in [-0.4, -0.2) is 18.9 Å². The third kappa shape index (κ3) is 5.03. The van der Waals surface area contributed by atoms with Crippen molar-refractivity contribution in [1.29, 1.82) is 0 Å². The minimum atomic E-state index is -0.131. The van der Waals surface area contributed by atoms with Crippen LogP contribution >= 0.6 is 0 Å². The number of imidazole rings is 1. The topological polar surface area (TPSA) is 44.3 Å². The van der Waals surface area contributed by atoms with Crippen molar-refractivity contribution in [2.75, 3.05) is 0 Å². The molecule has 0 spiro atoms. The average molecular weight is 816 g/mol. The second-order valence-corrected chi connectivity index (χ2v) is 13.4. The van der Waals surface area contributed by atoms with Gasteiger partial charge in [0, 0.05) is 34.0 Å². The fourth-order valence-electron chi connectivity index (χ4n) is 6.99. The molecule has 0 radical (unpaired) electrons. The molecular formula is C43H32N4OPt. The predicted octanol–water partition coefficient (Wildman–Crippen LogP) is 10.8. The number of aryl methyl sites for hydroxylation is 1. The molecule has 0 amide bonds. The predicted molar refractivity (Wildman–Crippen MR) is 195 cm³/mol. The Morgan fingerprint density at radius 3 is 2.12 bits per heavy atom. The molecule has 6 heteroatoms. The molecular weight excluding hydrogens is 784 g/mol. The molecule has 0 aliphatic carbocycles. The Morgan fingerprint density at radius 1 is 0.653 bits per heavy atom. The van der Waals surface area contributed by atoms with Crippen LogP contribution < -0.4 is 4.74 Å². The quantitative estimate of drug-likeness (QED) is 0.131. The summed E-state index contributed by atoms with van der Waals surface area (Å²) in [6.45, 7) is 8.73. The Morgan fingerprint density at radius 2 is 1.35 bits per heavy atom. The van der Waals surface area contributed by atoms with Gasteiger partial charge in [-0.25, -0.2) is 4.98 Å². The summed E-state index contributed by atoms with van der Waals surface area (Å²) in [5, 5.41) is 5.39. The Balaban J connectivity index is 0.00000348. The van der Waals surface area contributed by atoms with E-state index in [2.05, 4.69) is 146 Å². The van der Waals surface area contributed by atoms with Gasteiger partial charge in [0.2, 0.25) is 0 Å². The van der Waals surface area contributed by atoms with E-state index in [1.54, 1.807) is 0 Å². The number of ether oxygens (including phenoxy) is 1. The van der Waals surface area contributed by atoms with Gasteiger partial charge in [0.25, 0.3) is 0 Å².